The van der Waals surface area contributed by atoms with Crippen LogP contribution in [0.1, 0.15) is 5.56 Å². The van der Waals surface area contributed by atoms with E-state index in [9.17, 15) is 10.1 Å². The maximum atomic E-state index is 10.9. The molecule has 0 bridgehead atoms. The predicted octanol–water partition coefficient (Wildman–Crippen LogP) is 3.37. The zero-order valence-electron chi connectivity index (χ0n) is 8.81. The summed E-state index contributed by atoms with van der Waals surface area (Å²) in [4.78, 5) is 10.6. The normalized spacial score (nSPS) is 10.1. The van der Waals surface area contributed by atoms with Gasteiger partial charge in [0.25, 0.3) is 5.69 Å². The summed E-state index contributed by atoms with van der Waals surface area (Å²) < 4.78 is 0. The zero-order chi connectivity index (χ0) is 11.5. The Kier molecular flexibility index (Phi) is 2.68. The van der Waals surface area contributed by atoms with E-state index >= 15 is 0 Å². The minimum atomic E-state index is -0.358. The average Bonchev–Trinajstić information content (AvgIpc) is 2.29. The van der Waals surface area contributed by atoms with Crippen LogP contribution in [0.5, 0.6) is 0 Å². The van der Waals surface area contributed by atoms with Gasteiger partial charge >= 0.3 is 0 Å². The Morgan fingerprint density at radius 2 is 1.88 bits per heavy atom. The van der Waals surface area contributed by atoms with Gasteiger partial charge < -0.3 is 0 Å². The monoisotopic (exact) mass is 212 g/mol. The maximum absolute atomic E-state index is 10.9. The number of hydrogen-bond donors (Lipinski definition) is 0. The SMILES string of the molecule is Cc1[c]ccc([N+](=O)[O-])c1-c1ccccc1. The van der Waals surface area contributed by atoms with Gasteiger partial charge in [0.2, 0.25) is 0 Å². The molecule has 0 unspecified atom stereocenters. The van der Waals surface area contributed by atoms with Gasteiger partial charge in [-0.05, 0) is 30.2 Å². The van der Waals surface area contributed by atoms with Crippen molar-refractivity contribution < 1.29 is 4.92 Å². The molecule has 2 rings (SSSR count). The molecule has 3 nitrogen and oxygen atoms in total. The molecule has 0 fully saturated rings. The third kappa shape index (κ3) is 1.80. The van der Waals surface area contributed by atoms with Gasteiger partial charge in [0.15, 0.2) is 0 Å². The van der Waals surface area contributed by atoms with Crippen LogP contribution in [0.4, 0.5) is 5.69 Å². The summed E-state index contributed by atoms with van der Waals surface area (Å²) in [5, 5.41) is 10.9. The van der Waals surface area contributed by atoms with Crippen molar-refractivity contribution >= 4 is 5.69 Å². The molecule has 16 heavy (non-hydrogen) atoms. The van der Waals surface area contributed by atoms with Gasteiger partial charge in [-0.2, -0.15) is 0 Å². The molecule has 0 aliphatic carbocycles. The number of aryl methyl sites for hydroxylation is 1. The molecule has 0 amide bonds. The van der Waals surface area contributed by atoms with Crippen LogP contribution in [0, 0.1) is 23.1 Å². The number of hydrogen-bond acceptors (Lipinski definition) is 2. The minimum Gasteiger partial charge on any atom is -0.258 e. The highest BCUT2D eigenvalue weighted by Gasteiger charge is 2.16. The largest absolute Gasteiger partial charge is 0.277 e. The van der Waals surface area contributed by atoms with Gasteiger partial charge in [-0.3, -0.25) is 10.1 Å². The number of nitro benzene ring substituents is 1. The van der Waals surface area contributed by atoms with E-state index in [-0.39, 0.29) is 10.6 Å². The second kappa shape index (κ2) is 4.14. The molecular formula is C13H10NO2. The van der Waals surface area contributed by atoms with Crippen LogP contribution in [0.25, 0.3) is 11.1 Å². The van der Waals surface area contributed by atoms with Crippen molar-refractivity contribution in [3.63, 3.8) is 0 Å². The minimum absolute atomic E-state index is 0.127. The van der Waals surface area contributed by atoms with Crippen molar-refractivity contribution in [3.8, 4) is 11.1 Å². The lowest BCUT2D eigenvalue weighted by Gasteiger charge is -2.05. The van der Waals surface area contributed by atoms with Crippen molar-refractivity contribution in [2.24, 2.45) is 0 Å². The van der Waals surface area contributed by atoms with Crippen molar-refractivity contribution in [1.82, 2.24) is 0 Å². The Morgan fingerprint density at radius 3 is 2.50 bits per heavy atom. The second-order valence-corrected chi connectivity index (χ2v) is 3.49. The van der Waals surface area contributed by atoms with Gasteiger partial charge in [0.05, 0.1) is 10.5 Å². The Bertz CT molecular complexity index is 521. The van der Waals surface area contributed by atoms with Gasteiger partial charge in [-0.25, -0.2) is 0 Å². The van der Waals surface area contributed by atoms with E-state index < -0.39 is 0 Å². The lowest BCUT2D eigenvalue weighted by molar-refractivity contribution is -0.384. The van der Waals surface area contributed by atoms with Crippen LogP contribution in [-0.4, -0.2) is 4.92 Å². The summed E-state index contributed by atoms with van der Waals surface area (Å²) in [6.07, 6.45) is 0. The fourth-order valence-corrected chi connectivity index (χ4v) is 1.71. The van der Waals surface area contributed by atoms with E-state index in [0.717, 1.165) is 11.1 Å². The third-order valence-electron chi connectivity index (χ3n) is 2.43. The molecular weight excluding hydrogens is 202 g/mol. The highest BCUT2D eigenvalue weighted by molar-refractivity contribution is 5.76. The molecule has 2 aromatic rings. The van der Waals surface area contributed by atoms with Crippen LogP contribution < -0.4 is 0 Å². The summed E-state index contributed by atoms with van der Waals surface area (Å²) in [6, 6.07) is 15.4. The Labute approximate surface area is 93.5 Å². The first-order valence-corrected chi connectivity index (χ1v) is 4.91. The first kappa shape index (κ1) is 10.4. The Hall–Kier alpha value is -2.16. The van der Waals surface area contributed by atoms with Crippen LogP contribution in [0.15, 0.2) is 42.5 Å². The fourth-order valence-electron chi connectivity index (χ4n) is 1.71. The molecule has 0 saturated carbocycles. The number of rotatable bonds is 2. The van der Waals surface area contributed by atoms with E-state index in [1.54, 1.807) is 6.07 Å². The van der Waals surface area contributed by atoms with Gasteiger partial charge in [-0.15, -0.1) is 0 Å². The molecule has 79 valence electrons. The molecule has 1 radical (unpaired) electrons. The lowest BCUT2D eigenvalue weighted by Crippen LogP contribution is -1.94. The number of nitrogens with zero attached hydrogens (tertiary/aromatic N) is 1. The molecule has 0 N–H and O–H groups in total. The molecule has 0 aliphatic rings. The highest BCUT2D eigenvalue weighted by Crippen LogP contribution is 2.32. The van der Waals surface area contributed by atoms with Crippen LogP contribution in [0.3, 0.4) is 0 Å². The fraction of sp³-hybridized carbons (Fsp3) is 0.0769. The van der Waals surface area contributed by atoms with Gasteiger partial charge in [0.1, 0.15) is 0 Å². The number of benzene rings is 2. The highest BCUT2D eigenvalue weighted by atomic mass is 16.6. The number of nitro groups is 1. The van der Waals surface area contributed by atoms with E-state index in [4.69, 9.17) is 0 Å². The second-order valence-electron chi connectivity index (χ2n) is 3.49. The maximum Gasteiger partial charge on any atom is 0.277 e. The summed E-state index contributed by atoms with van der Waals surface area (Å²) in [7, 11) is 0. The van der Waals surface area contributed by atoms with Crippen LogP contribution in [0.2, 0.25) is 0 Å². The predicted molar refractivity (Wildman–Crippen MR) is 62.1 cm³/mol. The standard InChI is InChI=1S/C13H10NO2/c1-10-6-5-9-12(14(15)16)13(10)11-7-3-2-4-8-11/h2-5,7-9H,1H3. The summed E-state index contributed by atoms with van der Waals surface area (Å²) >= 11 is 0. The van der Waals surface area contributed by atoms with E-state index in [1.807, 2.05) is 37.3 Å². The van der Waals surface area contributed by atoms with E-state index in [1.165, 1.54) is 6.07 Å². The molecule has 3 heteroatoms. The summed E-state index contributed by atoms with van der Waals surface area (Å²) in [6.45, 7) is 1.83. The third-order valence-corrected chi connectivity index (χ3v) is 2.43. The first-order valence-electron chi connectivity index (χ1n) is 4.91. The molecule has 0 aromatic heterocycles. The van der Waals surface area contributed by atoms with Crippen molar-refractivity contribution in [3.05, 3.63) is 64.2 Å². The molecule has 0 spiro atoms. The molecule has 2 aromatic carbocycles. The summed E-state index contributed by atoms with van der Waals surface area (Å²) in [5.41, 5.74) is 2.42. The van der Waals surface area contributed by atoms with Crippen LogP contribution in [-0.2, 0) is 0 Å². The summed E-state index contributed by atoms with van der Waals surface area (Å²) in [5.74, 6) is 0. The van der Waals surface area contributed by atoms with Crippen LogP contribution >= 0.6 is 0 Å². The lowest BCUT2D eigenvalue weighted by atomic mass is 9.99. The topological polar surface area (TPSA) is 43.1 Å². The zero-order valence-corrected chi connectivity index (χ0v) is 8.81. The quantitative estimate of drug-likeness (QED) is 0.565. The smallest absolute Gasteiger partial charge is 0.258 e. The first-order chi connectivity index (χ1) is 7.70. The molecule has 0 heterocycles. The average molecular weight is 212 g/mol. The van der Waals surface area contributed by atoms with E-state index in [2.05, 4.69) is 6.07 Å². The van der Waals surface area contributed by atoms with Crippen molar-refractivity contribution in [1.29, 1.82) is 0 Å². The van der Waals surface area contributed by atoms with Crippen molar-refractivity contribution in [2.45, 2.75) is 6.92 Å². The molecule has 0 aliphatic heterocycles. The van der Waals surface area contributed by atoms with E-state index in [0.29, 0.717) is 5.56 Å². The van der Waals surface area contributed by atoms with Gasteiger partial charge in [0, 0.05) is 6.07 Å². The Balaban J connectivity index is 2.68. The van der Waals surface area contributed by atoms with Crippen molar-refractivity contribution in [2.75, 3.05) is 0 Å². The Morgan fingerprint density at radius 1 is 1.19 bits per heavy atom. The molecule has 0 saturated heterocycles. The van der Waals surface area contributed by atoms with Gasteiger partial charge in [-0.1, -0.05) is 30.3 Å². The molecule has 0 atom stereocenters.